The summed E-state index contributed by atoms with van der Waals surface area (Å²) in [4.78, 5) is 38.7. The number of hydrogen-bond acceptors (Lipinski definition) is 4. The van der Waals surface area contributed by atoms with E-state index in [1.807, 2.05) is 30.3 Å². The summed E-state index contributed by atoms with van der Waals surface area (Å²) in [5.74, 6) is -1.12. The first-order valence-electron chi connectivity index (χ1n) is 8.49. The Morgan fingerprint density at radius 2 is 1.81 bits per heavy atom. The zero-order valence-corrected chi connectivity index (χ0v) is 14.5. The highest BCUT2D eigenvalue weighted by Gasteiger charge is 2.37. The Hall–Kier alpha value is -3.15. The van der Waals surface area contributed by atoms with Crippen molar-refractivity contribution in [1.29, 1.82) is 0 Å². The third-order valence-electron chi connectivity index (χ3n) is 4.24. The van der Waals surface area contributed by atoms with E-state index in [4.69, 9.17) is 4.74 Å². The van der Waals surface area contributed by atoms with Crippen molar-refractivity contribution in [3.8, 4) is 0 Å². The van der Waals surface area contributed by atoms with Crippen LogP contribution in [0.3, 0.4) is 0 Å². The van der Waals surface area contributed by atoms with Crippen LogP contribution in [0.2, 0.25) is 0 Å². The molecule has 0 fully saturated rings. The van der Waals surface area contributed by atoms with Crippen LogP contribution in [0.25, 0.3) is 0 Å². The van der Waals surface area contributed by atoms with E-state index >= 15 is 0 Å². The van der Waals surface area contributed by atoms with E-state index < -0.39 is 17.9 Å². The maximum atomic E-state index is 12.8. The van der Waals surface area contributed by atoms with Crippen molar-refractivity contribution in [3.63, 3.8) is 0 Å². The Morgan fingerprint density at radius 1 is 1.12 bits per heavy atom. The normalized spacial score (nSPS) is 13.9. The number of amides is 2. The first kappa shape index (κ1) is 17.7. The van der Waals surface area contributed by atoms with Crippen molar-refractivity contribution in [2.45, 2.75) is 19.5 Å². The summed E-state index contributed by atoms with van der Waals surface area (Å²) in [5, 5.41) is 2.58. The second-order valence-corrected chi connectivity index (χ2v) is 5.93. The predicted octanol–water partition coefficient (Wildman–Crippen LogP) is 2.06. The number of rotatable bonds is 6. The Bertz CT molecular complexity index is 820. The van der Waals surface area contributed by atoms with Crippen LogP contribution in [0, 0.1) is 0 Å². The minimum absolute atomic E-state index is 0.194. The van der Waals surface area contributed by atoms with E-state index in [9.17, 15) is 14.4 Å². The van der Waals surface area contributed by atoms with Gasteiger partial charge in [0.05, 0.1) is 6.61 Å². The summed E-state index contributed by atoms with van der Waals surface area (Å²) in [6, 6.07) is 15.6. The molecule has 1 atom stereocenters. The van der Waals surface area contributed by atoms with Gasteiger partial charge in [0.2, 0.25) is 5.91 Å². The molecule has 2 aromatic carbocycles. The lowest BCUT2D eigenvalue weighted by Crippen LogP contribution is -2.42. The van der Waals surface area contributed by atoms with Gasteiger partial charge in [-0.15, -0.1) is 0 Å². The Morgan fingerprint density at radius 3 is 2.50 bits per heavy atom. The monoisotopic (exact) mass is 352 g/mol. The van der Waals surface area contributed by atoms with Crippen molar-refractivity contribution in [2.24, 2.45) is 0 Å². The molecule has 1 aliphatic heterocycles. The van der Waals surface area contributed by atoms with Crippen molar-refractivity contribution < 1.29 is 19.1 Å². The molecular formula is C20H20N2O4. The number of esters is 1. The van der Waals surface area contributed by atoms with Gasteiger partial charge in [0.15, 0.2) is 0 Å². The molecular weight excluding hydrogens is 332 g/mol. The Kier molecular flexibility index (Phi) is 5.31. The van der Waals surface area contributed by atoms with Crippen molar-refractivity contribution in [1.82, 2.24) is 10.2 Å². The minimum atomic E-state index is -0.814. The second-order valence-electron chi connectivity index (χ2n) is 5.93. The average molecular weight is 352 g/mol. The minimum Gasteiger partial charge on any atom is -0.465 e. The maximum absolute atomic E-state index is 12.8. The molecule has 0 aromatic heterocycles. The van der Waals surface area contributed by atoms with Gasteiger partial charge in [0, 0.05) is 12.1 Å². The standard InChI is InChI=1S/C20H20N2O4/c1-2-26-17(23)12-21-19(24)18(14-8-4-3-5-9-14)22-13-15-10-6-7-11-16(15)20(22)25/h3-11,18H,2,12-13H2,1H3,(H,21,24)/t18-/m0/s1. The van der Waals surface area contributed by atoms with Gasteiger partial charge in [0.25, 0.3) is 5.91 Å². The van der Waals surface area contributed by atoms with Gasteiger partial charge < -0.3 is 15.0 Å². The number of fused-ring (bicyclic) bond motifs is 1. The summed E-state index contributed by atoms with van der Waals surface area (Å²) >= 11 is 0. The lowest BCUT2D eigenvalue weighted by atomic mass is 10.0. The van der Waals surface area contributed by atoms with Gasteiger partial charge in [-0.2, -0.15) is 0 Å². The molecule has 0 spiro atoms. The van der Waals surface area contributed by atoms with Crippen LogP contribution in [-0.4, -0.2) is 35.8 Å². The highest BCUT2D eigenvalue weighted by molar-refractivity contribution is 6.01. The molecule has 0 unspecified atom stereocenters. The fourth-order valence-electron chi connectivity index (χ4n) is 3.06. The molecule has 0 radical (unpaired) electrons. The third-order valence-corrected chi connectivity index (χ3v) is 4.24. The largest absolute Gasteiger partial charge is 0.465 e. The first-order chi connectivity index (χ1) is 12.6. The lowest BCUT2D eigenvalue weighted by molar-refractivity contribution is -0.143. The van der Waals surface area contributed by atoms with Crippen LogP contribution in [0.15, 0.2) is 54.6 Å². The zero-order valence-electron chi connectivity index (χ0n) is 14.5. The Labute approximate surface area is 151 Å². The molecule has 134 valence electrons. The topological polar surface area (TPSA) is 75.7 Å². The van der Waals surface area contributed by atoms with Crippen LogP contribution in [0.5, 0.6) is 0 Å². The number of carbonyl (C=O) groups is 3. The fourth-order valence-corrected chi connectivity index (χ4v) is 3.06. The number of nitrogens with one attached hydrogen (secondary N) is 1. The molecule has 6 nitrogen and oxygen atoms in total. The molecule has 2 aromatic rings. The molecule has 0 saturated heterocycles. The van der Waals surface area contributed by atoms with Gasteiger partial charge in [-0.05, 0) is 24.1 Å². The molecule has 1 aliphatic rings. The highest BCUT2D eigenvalue weighted by Crippen LogP contribution is 2.31. The summed E-state index contributed by atoms with van der Waals surface area (Å²) in [6.07, 6.45) is 0. The maximum Gasteiger partial charge on any atom is 0.325 e. The number of hydrogen-bond donors (Lipinski definition) is 1. The van der Waals surface area contributed by atoms with Crippen LogP contribution in [-0.2, 0) is 20.9 Å². The highest BCUT2D eigenvalue weighted by atomic mass is 16.5. The van der Waals surface area contributed by atoms with E-state index in [0.717, 1.165) is 5.56 Å². The first-order valence-corrected chi connectivity index (χ1v) is 8.49. The van der Waals surface area contributed by atoms with E-state index in [1.54, 1.807) is 31.2 Å². The smallest absolute Gasteiger partial charge is 0.325 e. The van der Waals surface area contributed by atoms with Crippen molar-refractivity contribution in [2.75, 3.05) is 13.2 Å². The van der Waals surface area contributed by atoms with Gasteiger partial charge in [-0.3, -0.25) is 14.4 Å². The number of carbonyl (C=O) groups excluding carboxylic acids is 3. The van der Waals surface area contributed by atoms with E-state index in [1.165, 1.54) is 4.90 Å². The number of ether oxygens (including phenoxy) is 1. The van der Waals surface area contributed by atoms with Crippen LogP contribution < -0.4 is 5.32 Å². The average Bonchev–Trinajstić information content (AvgIpc) is 2.98. The van der Waals surface area contributed by atoms with E-state index in [-0.39, 0.29) is 19.1 Å². The summed E-state index contributed by atoms with van der Waals surface area (Å²) in [5.41, 5.74) is 2.18. The van der Waals surface area contributed by atoms with Gasteiger partial charge in [-0.25, -0.2) is 0 Å². The van der Waals surface area contributed by atoms with E-state index in [2.05, 4.69) is 5.32 Å². The Balaban J connectivity index is 1.85. The van der Waals surface area contributed by atoms with Gasteiger partial charge >= 0.3 is 5.97 Å². The summed E-state index contributed by atoms with van der Waals surface area (Å²) < 4.78 is 4.84. The molecule has 1 N–H and O–H groups in total. The fraction of sp³-hybridized carbons (Fsp3) is 0.250. The summed E-state index contributed by atoms with van der Waals surface area (Å²) in [7, 11) is 0. The molecule has 2 amide bonds. The van der Waals surface area contributed by atoms with E-state index in [0.29, 0.717) is 17.7 Å². The molecule has 0 bridgehead atoms. The summed E-state index contributed by atoms with van der Waals surface area (Å²) in [6.45, 7) is 2.07. The van der Waals surface area contributed by atoms with Crippen molar-refractivity contribution in [3.05, 3.63) is 71.3 Å². The van der Waals surface area contributed by atoms with Crippen LogP contribution >= 0.6 is 0 Å². The van der Waals surface area contributed by atoms with Gasteiger partial charge in [-0.1, -0.05) is 48.5 Å². The molecule has 0 saturated carbocycles. The third kappa shape index (κ3) is 3.59. The quantitative estimate of drug-likeness (QED) is 0.808. The molecule has 26 heavy (non-hydrogen) atoms. The molecule has 6 heteroatoms. The zero-order chi connectivity index (χ0) is 18.5. The number of benzene rings is 2. The van der Waals surface area contributed by atoms with Crippen LogP contribution in [0.4, 0.5) is 0 Å². The van der Waals surface area contributed by atoms with Crippen LogP contribution in [0.1, 0.15) is 34.5 Å². The van der Waals surface area contributed by atoms with Gasteiger partial charge in [0.1, 0.15) is 12.6 Å². The molecule has 3 rings (SSSR count). The SMILES string of the molecule is CCOC(=O)CNC(=O)[C@H](c1ccccc1)N1Cc2ccccc2C1=O. The molecule has 0 aliphatic carbocycles. The molecule has 1 heterocycles. The van der Waals surface area contributed by atoms with Crippen molar-refractivity contribution >= 4 is 17.8 Å². The number of nitrogens with zero attached hydrogens (tertiary/aromatic N) is 1. The second kappa shape index (κ2) is 7.82. The lowest BCUT2D eigenvalue weighted by Gasteiger charge is -2.27. The predicted molar refractivity (Wildman–Crippen MR) is 95.1 cm³/mol.